The first-order chi connectivity index (χ1) is 14.8. The summed E-state index contributed by atoms with van der Waals surface area (Å²) in [5.41, 5.74) is 2.98. The van der Waals surface area contributed by atoms with Crippen LogP contribution in [-0.4, -0.2) is 0 Å². The second-order valence-corrected chi connectivity index (χ2v) is 9.26. The Balaban J connectivity index is 0. The minimum atomic E-state index is 0. The topological polar surface area (TPSA) is 0 Å². The summed E-state index contributed by atoms with van der Waals surface area (Å²) >= 11 is 0. The maximum Gasteiger partial charge on any atom is 4.00 e. The summed E-state index contributed by atoms with van der Waals surface area (Å²) in [4.78, 5) is 0. The van der Waals surface area contributed by atoms with Crippen LogP contribution in [0.1, 0.15) is 169 Å². The van der Waals surface area contributed by atoms with Crippen LogP contribution in [0.3, 0.4) is 0 Å². The molecule has 2 aliphatic rings. The molecule has 0 aromatic rings. The van der Waals surface area contributed by atoms with E-state index in [9.17, 15) is 0 Å². The van der Waals surface area contributed by atoms with Crippen LogP contribution in [0, 0.1) is 12.2 Å². The zero-order valence-corrected chi connectivity index (χ0v) is 24.5. The predicted molar refractivity (Wildman–Crippen MR) is 138 cm³/mol. The van der Waals surface area contributed by atoms with Gasteiger partial charge in [-0.1, -0.05) is 143 Å². The molecule has 0 heterocycles. The minimum absolute atomic E-state index is 0. The fraction of sp³-hybridized carbons (Fsp3) is 0.867. The summed E-state index contributed by atoms with van der Waals surface area (Å²) in [6.45, 7) is 9.07. The summed E-state index contributed by atoms with van der Waals surface area (Å²) in [5, 5.41) is 0. The van der Waals surface area contributed by atoms with Gasteiger partial charge in [-0.2, -0.15) is 0 Å². The van der Waals surface area contributed by atoms with Gasteiger partial charge in [-0.05, 0) is 0 Å². The Labute approximate surface area is 217 Å². The maximum atomic E-state index is 3.71. The third-order valence-electron chi connectivity index (χ3n) is 6.16. The molecule has 0 aromatic carbocycles. The van der Waals surface area contributed by atoms with Crippen LogP contribution in [0.5, 0.6) is 0 Å². The van der Waals surface area contributed by atoms with Gasteiger partial charge < -0.3 is 23.3 Å². The molecule has 0 unspecified atom stereocenters. The van der Waals surface area contributed by atoms with Crippen LogP contribution in [0.2, 0.25) is 0 Å². The van der Waals surface area contributed by atoms with Crippen molar-refractivity contribution in [2.75, 3.05) is 0 Å². The van der Waals surface area contributed by atoms with Crippen molar-refractivity contribution in [3.05, 3.63) is 23.3 Å². The van der Waals surface area contributed by atoms with Crippen LogP contribution in [0.25, 0.3) is 0 Å². The van der Waals surface area contributed by atoms with E-state index >= 15 is 0 Å². The van der Waals surface area contributed by atoms with Gasteiger partial charge in [-0.25, -0.2) is 0 Å². The average Bonchev–Trinajstić information content (AvgIpc) is 3.52. The van der Waals surface area contributed by atoms with Crippen molar-refractivity contribution >= 4 is 0 Å². The molecule has 0 bridgehead atoms. The molecular formula is C30H56Zr+2. The Bertz CT molecular complexity index is 332. The quantitative estimate of drug-likeness (QED) is 0.132. The SMILES string of the molecule is C1CCCC1.C1CCCC1.CCCC[C-]=C(CCCC)C(=[C-]CCCC)CCCC.[Zr+4]. The normalized spacial score (nSPS) is 16.1. The summed E-state index contributed by atoms with van der Waals surface area (Å²) in [7, 11) is 0. The molecule has 2 fully saturated rings. The first-order valence-corrected chi connectivity index (χ1v) is 14.0. The molecule has 0 spiro atoms. The van der Waals surface area contributed by atoms with E-state index in [4.69, 9.17) is 0 Å². The third-order valence-corrected chi connectivity index (χ3v) is 6.16. The molecule has 0 amide bonds. The summed E-state index contributed by atoms with van der Waals surface area (Å²) in [6.07, 6.45) is 37.3. The molecular weight excluding hydrogens is 452 g/mol. The maximum absolute atomic E-state index is 3.71. The third kappa shape index (κ3) is 23.3. The van der Waals surface area contributed by atoms with Crippen LogP contribution >= 0.6 is 0 Å². The molecule has 1 heteroatoms. The van der Waals surface area contributed by atoms with E-state index in [0.717, 1.165) is 12.8 Å². The van der Waals surface area contributed by atoms with Gasteiger partial charge in [0.2, 0.25) is 0 Å². The monoisotopic (exact) mass is 506 g/mol. The van der Waals surface area contributed by atoms with Gasteiger partial charge in [0.25, 0.3) is 0 Å². The molecule has 2 saturated carbocycles. The largest absolute Gasteiger partial charge is 4.00 e. The van der Waals surface area contributed by atoms with E-state index in [1.54, 1.807) is 0 Å². The van der Waals surface area contributed by atoms with Crippen molar-refractivity contribution in [1.29, 1.82) is 0 Å². The van der Waals surface area contributed by atoms with E-state index in [-0.39, 0.29) is 26.2 Å². The Morgan fingerprint density at radius 1 is 0.452 bits per heavy atom. The molecule has 178 valence electrons. The van der Waals surface area contributed by atoms with Gasteiger partial charge >= 0.3 is 26.2 Å². The van der Waals surface area contributed by atoms with Crippen LogP contribution in [-0.2, 0) is 26.2 Å². The molecule has 0 saturated heterocycles. The van der Waals surface area contributed by atoms with Gasteiger partial charge in [0.05, 0.1) is 0 Å². The Morgan fingerprint density at radius 2 is 0.710 bits per heavy atom. The smallest absolute Gasteiger partial charge is 0.373 e. The predicted octanol–water partition coefficient (Wildman–Crippen LogP) is 11.1. The van der Waals surface area contributed by atoms with E-state index in [1.165, 1.54) is 140 Å². The standard InChI is InChI=1S/C20H36.2C5H10.Zr/c1-5-9-13-17-19(15-11-7-3)20(16-12-8-4)18-14-10-6-2;2*1-2-4-5-3-1;/h5-16H2,1-4H3;2*1-5H2;/q-2;;;+4. The molecule has 0 nitrogen and oxygen atoms in total. The van der Waals surface area contributed by atoms with Crippen molar-refractivity contribution in [3.63, 3.8) is 0 Å². The number of allylic oxidation sites excluding steroid dienone is 4. The molecule has 0 aliphatic heterocycles. The fourth-order valence-corrected chi connectivity index (χ4v) is 4.00. The molecule has 31 heavy (non-hydrogen) atoms. The first-order valence-electron chi connectivity index (χ1n) is 14.0. The molecule has 2 rings (SSSR count). The van der Waals surface area contributed by atoms with E-state index in [0.29, 0.717) is 0 Å². The fourth-order valence-electron chi connectivity index (χ4n) is 4.00. The van der Waals surface area contributed by atoms with Crippen LogP contribution < -0.4 is 0 Å². The van der Waals surface area contributed by atoms with Crippen molar-refractivity contribution < 1.29 is 26.2 Å². The summed E-state index contributed by atoms with van der Waals surface area (Å²) in [6, 6.07) is 0. The van der Waals surface area contributed by atoms with Gasteiger partial charge in [0, 0.05) is 0 Å². The van der Waals surface area contributed by atoms with E-state index in [2.05, 4.69) is 39.8 Å². The van der Waals surface area contributed by atoms with Crippen molar-refractivity contribution in [3.8, 4) is 0 Å². The molecule has 0 N–H and O–H groups in total. The van der Waals surface area contributed by atoms with Crippen LogP contribution in [0.15, 0.2) is 11.1 Å². The molecule has 0 aromatic heterocycles. The number of unbranched alkanes of at least 4 members (excludes halogenated alkanes) is 6. The zero-order valence-electron chi connectivity index (χ0n) is 22.1. The Kier molecular flexibility index (Phi) is 30.7. The minimum Gasteiger partial charge on any atom is -0.373 e. The van der Waals surface area contributed by atoms with Gasteiger partial charge in [-0.3, -0.25) is 0 Å². The van der Waals surface area contributed by atoms with Gasteiger partial charge in [0.15, 0.2) is 0 Å². The second kappa shape index (κ2) is 28.4. The number of hydrogen-bond donors (Lipinski definition) is 0. The average molecular weight is 508 g/mol. The van der Waals surface area contributed by atoms with Gasteiger partial charge in [0.1, 0.15) is 0 Å². The van der Waals surface area contributed by atoms with Crippen LogP contribution in [0.4, 0.5) is 0 Å². The summed E-state index contributed by atoms with van der Waals surface area (Å²) < 4.78 is 0. The van der Waals surface area contributed by atoms with Crippen molar-refractivity contribution in [2.45, 2.75) is 169 Å². The molecule has 0 atom stereocenters. The molecule has 2 aliphatic carbocycles. The second-order valence-electron chi connectivity index (χ2n) is 9.26. The molecule has 0 radical (unpaired) electrons. The first kappa shape index (κ1) is 33.5. The number of hydrogen-bond acceptors (Lipinski definition) is 0. The van der Waals surface area contributed by atoms with Crippen molar-refractivity contribution in [2.24, 2.45) is 0 Å². The van der Waals surface area contributed by atoms with E-state index in [1.807, 2.05) is 0 Å². The van der Waals surface area contributed by atoms with Crippen molar-refractivity contribution in [1.82, 2.24) is 0 Å². The number of rotatable bonds is 13. The zero-order chi connectivity index (χ0) is 22.1. The Hall–Kier alpha value is 0.363. The van der Waals surface area contributed by atoms with Gasteiger partial charge in [-0.15, -0.1) is 25.7 Å². The van der Waals surface area contributed by atoms with E-state index < -0.39 is 0 Å². The Morgan fingerprint density at radius 3 is 0.935 bits per heavy atom. The summed E-state index contributed by atoms with van der Waals surface area (Å²) in [5.74, 6) is 0.